The molecule has 2 aromatic carbocycles. The number of hydrogen-bond donors (Lipinski definition) is 1. The molecular weight excluding hydrogens is 331 g/mol. The number of nitro groups is 1. The minimum atomic E-state index is -0.760. The van der Waals surface area contributed by atoms with Gasteiger partial charge in [-0.25, -0.2) is 4.39 Å². The van der Waals surface area contributed by atoms with Crippen LogP contribution in [0.4, 0.5) is 15.8 Å². The summed E-state index contributed by atoms with van der Waals surface area (Å²) in [5, 5.41) is 13.2. The number of anilines is 1. The third-order valence-electron chi connectivity index (χ3n) is 2.54. The van der Waals surface area contributed by atoms with Crippen molar-refractivity contribution >= 4 is 33.2 Å². The Kier molecular flexibility index (Phi) is 4.09. The summed E-state index contributed by atoms with van der Waals surface area (Å²) in [5.41, 5.74) is -0.448. The van der Waals surface area contributed by atoms with Crippen LogP contribution in [-0.4, -0.2) is 10.8 Å². The average molecular weight is 339 g/mol. The van der Waals surface area contributed by atoms with Gasteiger partial charge in [-0.2, -0.15) is 0 Å². The number of nitrogens with zero attached hydrogens (tertiary/aromatic N) is 1. The van der Waals surface area contributed by atoms with Gasteiger partial charge in [0.05, 0.1) is 10.5 Å². The van der Waals surface area contributed by atoms with Crippen molar-refractivity contribution < 1.29 is 14.1 Å². The van der Waals surface area contributed by atoms with Crippen LogP contribution in [0.3, 0.4) is 0 Å². The van der Waals surface area contributed by atoms with Gasteiger partial charge in [-0.1, -0.05) is 18.2 Å². The predicted octanol–water partition coefficient (Wildman–Crippen LogP) is 3.75. The van der Waals surface area contributed by atoms with Gasteiger partial charge in [0.25, 0.3) is 11.6 Å². The third kappa shape index (κ3) is 2.83. The van der Waals surface area contributed by atoms with Crippen molar-refractivity contribution in [2.24, 2.45) is 0 Å². The quantitative estimate of drug-likeness (QED) is 0.684. The van der Waals surface area contributed by atoms with Crippen LogP contribution >= 0.6 is 15.9 Å². The molecule has 0 spiro atoms. The Bertz CT molecular complexity index is 671. The molecule has 20 heavy (non-hydrogen) atoms. The van der Waals surface area contributed by atoms with Crippen LogP contribution in [0.1, 0.15) is 10.4 Å². The monoisotopic (exact) mass is 338 g/mol. The lowest BCUT2D eigenvalue weighted by molar-refractivity contribution is -0.383. The maximum Gasteiger partial charge on any atom is 0.292 e. The van der Waals surface area contributed by atoms with Gasteiger partial charge >= 0.3 is 0 Å². The number of nitrogens with one attached hydrogen (secondary N) is 1. The number of amides is 1. The summed E-state index contributed by atoms with van der Waals surface area (Å²) in [6, 6.07) is 9.75. The minimum Gasteiger partial charge on any atom is -0.316 e. The summed E-state index contributed by atoms with van der Waals surface area (Å²) in [7, 11) is 0. The Morgan fingerprint density at radius 2 is 1.90 bits per heavy atom. The van der Waals surface area contributed by atoms with E-state index in [1.54, 1.807) is 6.07 Å². The van der Waals surface area contributed by atoms with Crippen LogP contribution in [0.5, 0.6) is 0 Å². The highest BCUT2D eigenvalue weighted by atomic mass is 79.9. The fraction of sp³-hybridized carbons (Fsp3) is 0. The lowest BCUT2D eigenvalue weighted by Crippen LogP contribution is -2.15. The highest BCUT2D eigenvalue weighted by molar-refractivity contribution is 9.10. The molecule has 0 radical (unpaired) electrons. The van der Waals surface area contributed by atoms with Crippen LogP contribution in [-0.2, 0) is 0 Å². The summed E-state index contributed by atoms with van der Waals surface area (Å²) >= 11 is 3.07. The molecule has 5 nitrogen and oxygen atoms in total. The van der Waals surface area contributed by atoms with Crippen molar-refractivity contribution in [2.45, 2.75) is 0 Å². The number of halogens is 2. The zero-order valence-electron chi connectivity index (χ0n) is 9.97. The van der Waals surface area contributed by atoms with E-state index < -0.39 is 16.6 Å². The van der Waals surface area contributed by atoms with Crippen molar-refractivity contribution in [1.29, 1.82) is 0 Å². The third-order valence-corrected chi connectivity index (χ3v) is 3.20. The molecule has 0 aliphatic carbocycles. The number of para-hydroxylation sites is 2. The smallest absolute Gasteiger partial charge is 0.292 e. The van der Waals surface area contributed by atoms with Crippen LogP contribution in [0.15, 0.2) is 46.9 Å². The van der Waals surface area contributed by atoms with E-state index in [1.165, 1.54) is 30.3 Å². The summed E-state index contributed by atoms with van der Waals surface area (Å²) in [4.78, 5) is 22.3. The first-order valence-corrected chi connectivity index (χ1v) is 6.29. The van der Waals surface area contributed by atoms with Crippen molar-refractivity contribution in [1.82, 2.24) is 0 Å². The van der Waals surface area contributed by atoms with E-state index in [2.05, 4.69) is 21.2 Å². The van der Waals surface area contributed by atoms with Gasteiger partial charge in [0, 0.05) is 10.5 Å². The highest BCUT2D eigenvalue weighted by Gasteiger charge is 2.19. The van der Waals surface area contributed by atoms with E-state index in [1.807, 2.05) is 0 Å². The lowest BCUT2D eigenvalue weighted by atomic mass is 10.2. The molecule has 0 saturated carbocycles. The van der Waals surface area contributed by atoms with E-state index in [4.69, 9.17) is 0 Å². The molecule has 0 bridgehead atoms. The van der Waals surface area contributed by atoms with Crippen molar-refractivity contribution in [3.05, 3.63) is 68.4 Å². The van der Waals surface area contributed by atoms with Crippen LogP contribution in [0.2, 0.25) is 0 Å². The summed E-state index contributed by atoms with van der Waals surface area (Å²) in [6.45, 7) is 0. The first kappa shape index (κ1) is 14.1. The van der Waals surface area contributed by atoms with Crippen molar-refractivity contribution in [2.75, 3.05) is 5.32 Å². The van der Waals surface area contributed by atoms with E-state index in [9.17, 15) is 19.3 Å². The molecule has 0 aliphatic rings. The predicted molar refractivity (Wildman–Crippen MR) is 75.1 cm³/mol. The Balaban J connectivity index is 2.36. The Morgan fingerprint density at radius 1 is 1.20 bits per heavy atom. The summed E-state index contributed by atoms with van der Waals surface area (Å²) in [6.07, 6.45) is 0. The Labute approximate surface area is 121 Å². The van der Waals surface area contributed by atoms with Gasteiger partial charge in [0.2, 0.25) is 0 Å². The summed E-state index contributed by atoms with van der Waals surface area (Å²) in [5.74, 6) is -1.47. The molecule has 1 amide bonds. The Morgan fingerprint density at radius 3 is 2.55 bits per heavy atom. The molecular formula is C13H8BrFN2O3. The molecule has 0 heterocycles. The zero-order chi connectivity index (χ0) is 14.7. The second kappa shape index (κ2) is 5.79. The molecule has 7 heteroatoms. The van der Waals surface area contributed by atoms with Crippen molar-refractivity contribution in [3.63, 3.8) is 0 Å². The van der Waals surface area contributed by atoms with E-state index >= 15 is 0 Å². The molecule has 102 valence electrons. The number of rotatable bonds is 3. The first-order chi connectivity index (χ1) is 9.50. The number of nitro benzene ring substituents is 1. The number of benzene rings is 2. The van der Waals surface area contributed by atoms with Crippen molar-refractivity contribution in [3.8, 4) is 0 Å². The zero-order valence-corrected chi connectivity index (χ0v) is 11.6. The van der Waals surface area contributed by atoms with Gasteiger partial charge in [-0.3, -0.25) is 14.9 Å². The van der Waals surface area contributed by atoms with Crippen LogP contribution in [0, 0.1) is 15.9 Å². The van der Waals surface area contributed by atoms with Gasteiger partial charge in [0.15, 0.2) is 0 Å². The number of hydrogen-bond acceptors (Lipinski definition) is 3. The average Bonchev–Trinajstić information content (AvgIpc) is 2.38. The molecule has 0 saturated heterocycles. The molecule has 0 fully saturated rings. The second-order valence-electron chi connectivity index (χ2n) is 3.83. The standard InChI is InChI=1S/C13H8BrFN2O3/c14-8-4-3-5-9(15)12(8)13(18)16-10-6-1-2-7-11(10)17(19)20/h1-7H,(H,16,18). The van der Waals surface area contributed by atoms with Gasteiger partial charge in [-0.05, 0) is 34.1 Å². The lowest BCUT2D eigenvalue weighted by Gasteiger charge is -2.08. The van der Waals surface area contributed by atoms with Gasteiger partial charge < -0.3 is 5.32 Å². The molecule has 0 aliphatic heterocycles. The first-order valence-electron chi connectivity index (χ1n) is 5.49. The number of carbonyl (C=O) groups is 1. The van der Waals surface area contributed by atoms with E-state index in [0.717, 1.165) is 6.07 Å². The van der Waals surface area contributed by atoms with Gasteiger partial charge in [-0.15, -0.1) is 0 Å². The molecule has 2 rings (SSSR count). The fourth-order valence-corrected chi connectivity index (χ4v) is 2.16. The maximum absolute atomic E-state index is 13.6. The molecule has 0 atom stereocenters. The highest BCUT2D eigenvalue weighted by Crippen LogP contribution is 2.26. The summed E-state index contributed by atoms with van der Waals surface area (Å²) < 4.78 is 13.9. The molecule has 0 aromatic heterocycles. The molecule has 2 aromatic rings. The fourth-order valence-electron chi connectivity index (χ4n) is 1.64. The molecule has 0 unspecified atom stereocenters. The topological polar surface area (TPSA) is 72.2 Å². The van der Waals surface area contributed by atoms with Crippen LogP contribution < -0.4 is 5.32 Å². The molecule has 1 N–H and O–H groups in total. The number of carbonyl (C=O) groups excluding carboxylic acids is 1. The maximum atomic E-state index is 13.6. The Hall–Kier alpha value is -2.28. The van der Waals surface area contributed by atoms with Gasteiger partial charge in [0.1, 0.15) is 11.5 Å². The van der Waals surface area contributed by atoms with E-state index in [0.29, 0.717) is 0 Å². The minimum absolute atomic E-state index is 0.0117. The second-order valence-corrected chi connectivity index (χ2v) is 4.68. The normalized spacial score (nSPS) is 10.1. The van der Waals surface area contributed by atoms with Crippen LogP contribution in [0.25, 0.3) is 0 Å². The largest absolute Gasteiger partial charge is 0.316 e. The SMILES string of the molecule is O=C(Nc1ccccc1[N+](=O)[O-])c1c(F)cccc1Br. The van der Waals surface area contributed by atoms with E-state index in [-0.39, 0.29) is 21.4 Å².